The van der Waals surface area contributed by atoms with Crippen molar-refractivity contribution in [2.24, 2.45) is 0 Å². The number of hydrogen-bond donors (Lipinski definition) is 2. The molecule has 1 aliphatic rings. The Bertz CT molecular complexity index is 1050. The van der Waals surface area contributed by atoms with E-state index in [1.54, 1.807) is 24.3 Å². The molecule has 1 atom stereocenters. The molecule has 1 aliphatic heterocycles. The monoisotopic (exact) mass is 393 g/mol. The number of quaternary nitrogens is 1. The number of nitro groups is 1. The highest BCUT2D eigenvalue weighted by Crippen LogP contribution is 2.23. The highest BCUT2D eigenvalue weighted by Gasteiger charge is 2.32. The van der Waals surface area contributed by atoms with Gasteiger partial charge in [0.05, 0.1) is 36.7 Å². The van der Waals surface area contributed by atoms with Gasteiger partial charge in [0, 0.05) is 34.4 Å². The van der Waals surface area contributed by atoms with Gasteiger partial charge in [-0.2, -0.15) is 0 Å². The van der Waals surface area contributed by atoms with Gasteiger partial charge in [-0.3, -0.25) is 14.9 Å². The fourth-order valence-electron chi connectivity index (χ4n) is 4.27. The number of benzene rings is 2. The summed E-state index contributed by atoms with van der Waals surface area (Å²) in [5.41, 5.74) is 3.82. The van der Waals surface area contributed by atoms with Crippen molar-refractivity contribution in [3.8, 4) is 0 Å². The van der Waals surface area contributed by atoms with Crippen molar-refractivity contribution < 1.29 is 14.6 Å². The number of aryl methyl sites for hydroxylation is 1. The van der Waals surface area contributed by atoms with E-state index >= 15 is 0 Å². The highest BCUT2D eigenvalue weighted by atomic mass is 16.6. The zero-order chi connectivity index (χ0) is 20.5. The van der Waals surface area contributed by atoms with Crippen LogP contribution in [0.25, 0.3) is 10.9 Å². The van der Waals surface area contributed by atoms with Crippen LogP contribution in [0.5, 0.6) is 0 Å². The van der Waals surface area contributed by atoms with Gasteiger partial charge in [0.1, 0.15) is 6.04 Å². The predicted molar refractivity (Wildman–Crippen MR) is 113 cm³/mol. The Hall–Kier alpha value is -3.19. The molecule has 4 rings (SSSR count). The van der Waals surface area contributed by atoms with E-state index < -0.39 is 0 Å². The third-order valence-electron chi connectivity index (χ3n) is 5.98. The number of anilines is 1. The van der Waals surface area contributed by atoms with Crippen molar-refractivity contribution in [3.63, 3.8) is 0 Å². The van der Waals surface area contributed by atoms with E-state index in [9.17, 15) is 14.9 Å². The normalized spacial score (nSPS) is 16.1. The van der Waals surface area contributed by atoms with Crippen LogP contribution in [0, 0.1) is 17.0 Å². The van der Waals surface area contributed by atoms with Crippen LogP contribution in [0.15, 0.2) is 48.5 Å². The van der Waals surface area contributed by atoms with Gasteiger partial charge >= 0.3 is 0 Å². The number of para-hydroxylation sites is 1. The molecule has 2 aromatic carbocycles. The van der Waals surface area contributed by atoms with Gasteiger partial charge in [0.15, 0.2) is 0 Å². The maximum Gasteiger partial charge on any atom is 0.269 e. The molecule has 0 radical (unpaired) electrons. The molecule has 7 nitrogen and oxygen atoms in total. The van der Waals surface area contributed by atoms with Crippen molar-refractivity contribution in [1.29, 1.82) is 0 Å². The summed E-state index contributed by atoms with van der Waals surface area (Å²) in [4.78, 5) is 30.5. The smallest absolute Gasteiger partial charge is 0.269 e. The predicted octanol–water partition coefficient (Wildman–Crippen LogP) is 2.36. The van der Waals surface area contributed by atoms with Crippen LogP contribution < -0.4 is 9.80 Å². The zero-order valence-corrected chi connectivity index (χ0v) is 16.6. The summed E-state index contributed by atoms with van der Waals surface area (Å²) in [5.74, 6) is 0.179. The quantitative estimate of drug-likeness (QED) is 0.396. The summed E-state index contributed by atoms with van der Waals surface area (Å²) in [6, 6.07) is 14.5. The Kier molecular flexibility index (Phi) is 5.07. The van der Waals surface area contributed by atoms with Crippen LogP contribution in [-0.2, 0) is 0 Å². The number of nitro benzene ring substituents is 1. The number of rotatable bonds is 5. The largest absolute Gasteiger partial charge is 0.360 e. The van der Waals surface area contributed by atoms with Crippen LogP contribution in [0.4, 0.5) is 11.4 Å². The van der Waals surface area contributed by atoms with Gasteiger partial charge in [-0.25, -0.2) is 0 Å². The number of Topliss-reactive ketones (excluding diaryl/α,β-unsaturated/α-hetero) is 1. The van der Waals surface area contributed by atoms with E-state index in [1.807, 2.05) is 38.1 Å². The van der Waals surface area contributed by atoms with Gasteiger partial charge < -0.3 is 14.8 Å². The molecule has 29 heavy (non-hydrogen) atoms. The SMILES string of the molecule is Cc1[nH]c2ccccc2c1C(=O)[C@H](C)[NH+]1CCN(c2ccc([N+](=O)[O-])cc2)CC1. The molecule has 0 spiro atoms. The Labute approximate surface area is 169 Å². The van der Waals surface area contributed by atoms with Crippen LogP contribution in [0.3, 0.4) is 0 Å². The molecule has 7 heteroatoms. The number of non-ortho nitro benzene ring substituents is 1. The van der Waals surface area contributed by atoms with E-state index in [0.29, 0.717) is 0 Å². The van der Waals surface area contributed by atoms with E-state index in [-0.39, 0.29) is 22.4 Å². The molecule has 150 valence electrons. The summed E-state index contributed by atoms with van der Waals surface area (Å²) in [6.07, 6.45) is 0. The van der Waals surface area contributed by atoms with Crippen molar-refractivity contribution in [1.82, 2.24) is 4.98 Å². The number of nitrogens with zero attached hydrogens (tertiary/aromatic N) is 2. The zero-order valence-electron chi connectivity index (χ0n) is 16.6. The molecule has 0 aliphatic carbocycles. The van der Waals surface area contributed by atoms with Gasteiger partial charge in [-0.05, 0) is 32.0 Å². The Balaban J connectivity index is 1.44. The average Bonchev–Trinajstić information content (AvgIpc) is 3.08. The molecule has 2 heterocycles. The third-order valence-corrected chi connectivity index (χ3v) is 5.98. The van der Waals surface area contributed by atoms with E-state index in [0.717, 1.165) is 54.0 Å². The number of ketones is 1. The number of piperazine rings is 1. The van der Waals surface area contributed by atoms with E-state index in [2.05, 4.69) is 9.88 Å². The van der Waals surface area contributed by atoms with Gasteiger partial charge in [0.25, 0.3) is 5.69 Å². The summed E-state index contributed by atoms with van der Waals surface area (Å²) < 4.78 is 0. The fourth-order valence-corrected chi connectivity index (χ4v) is 4.27. The summed E-state index contributed by atoms with van der Waals surface area (Å²) in [7, 11) is 0. The molecular weight excluding hydrogens is 368 g/mol. The van der Waals surface area contributed by atoms with E-state index in [4.69, 9.17) is 0 Å². The number of H-pyrrole nitrogens is 1. The summed E-state index contributed by atoms with van der Waals surface area (Å²) in [6.45, 7) is 7.31. The molecule has 0 saturated carbocycles. The lowest BCUT2D eigenvalue weighted by molar-refractivity contribution is -0.914. The standard InChI is InChI=1S/C22H24N4O3/c1-15-21(19-5-3-4-6-20(19)23-15)22(27)16(2)24-11-13-25(14-12-24)17-7-9-18(10-8-17)26(28)29/h3-10,16,23H,11-14H2,1-2H3/p+1/t16-/m0/s1. The van der Waals surface area contributed by atoms with Crippen molar-refractivity contribution in [2.45, 2.75) is 19.9 Å². The molecule has 2 N–H and O–H groups in total. The Morgan fingerprint density at radius 3 is 2.45 bits per heavy atom. The van der Waals surface area contributed by atoms with Crippen molar-refractivity contribution >= 4 is 28.1 Å². The first-order chi connectivity index (χ1) is 14.0. The number of aromatic amines is 1. The fraction of sp³-hybridized carbons (Fsp3) is 0.318. The van der Waals surface area contributed by atoms with Gasteiger partial charge in [-0.15, -0.1) is 0 Å². The van der Waals surface area contributed by atoms with Crippen LogP contribution in [-0.4, -0.2) is 47.9 Å². The van der Waals surface area contributed by atoms with Crippen LogP contribution in [0.1, 0.15) is 23.0 Å². The molecular formula is C22H25N4O3+. The lowest BCUT2D eigenvalue weighted by atomic mass is 10.0. The topological polar surface area (TPSA) is 83.7 Å². The minimum Gasteiger partial charge on any atom is -0.360 e. The molecule has 0 unspecified atom stereocenters. The number of hydrogen-bond acceptors (Lipinski definition) is 4. The third kappa shape index (κ3) is 3.61. The lowest BCUT2D eigenvalue weighted by Crippen LogP contribution is -3.18. The first kappa shape index (κ1) is 19.1. The molecule has 1 aromatic heterocycles. The minimum absolute atomic E-state index is 0.103. The molecule has 1 fully saturated rings. The van der Waals surface area contributed by atoms with Crippen molar-refractivity contribution in [2.75, 3.05) is 31.1 Å². The Morgan fingerprint density at radius 1 is 1.14 bits per heavy atom. The average molecular weight is 393 g/mol. The summed E-state index contributed by atoms with van der Waals surface area (Å²) >= 11 is 0. The molecule has 1 saturated heterocycles. The number of aromatic nitrogens is 1. The second kappa shape index (κ2) is 7.67. The summed E-state index contributed by atoms with van der Waals surface area (Å²) in [5, 5.41) is 11.8. The minimum atomic E-state index is -0.383. The second-order valence-electron chi connectivity index (χ2n) is 7.68. The lowest BCUT2D eigenvalue weighted by Gasteiger charge is -2.36. The number of carbonyl (C=O) groups excluding carboxylic acids is 1. The molecule has 3 aromatic rings. The van der Waals surface area contributed by atoms with Crippen LogP contribution in [0.2, 0.25) is 0 Å². The maximum atomic E-state index is 13.3. The first-order valence-electron chi connectivity index (χ1n) is 9.91. The molecule has 0 bridgehead atoms. The van der Waals surface area contributed by atoms with E-state index in [1.165, 1.54) is 4.90 Å². The van der Waals surface area contributed by atoms with Crippen LogP contribution >= 0.6 is 0 Å². The van der Waals surface area contributed by atoms with Gasteiger partial charge in [0.2, 0.25) is 5.78 Å². The maximum absolute atomic E-state index is 13.3. The highest BCUT2D eigenvalue weighted by molar-refractivity contribution is 6.10. The Morgan fingerprint density at radius 2 is 1.79 bits per heavy atom. The first-order valence-corrected chi connectivity index (χ1v) is 9.91. The second-order valence-corrected chi connectivity index (χ2v) is 7.68. The molecule has 0 amide bonds. The number of carbonyl (C=O) groups is 1. The number of nitrogens with one attached hydrogen (secondary N) is 2. The van der Waals surface area contributed by atoms with Gasteiger partial charge in [-0.1, -0.05) is 18.2 Å². The van der Waals surface area contributed by atoms with Crippen molar-refractivity contribution in [3.05, 3.63) is 69.9 Å². The number of fused-ring (bicyclic) bond motifs is 1.